The van der Waals surface area contributed by atoms with Crippen LogP contribution in [0, 0.1) is 46.9 Å². The molecule has 6 heteroatoms. The predicted octanol–water partition coefficient (Wildman–Crippen LogP) is 9.10. The van der Waals surface area contributed by atoms with Gasteiger partial charge in [-0.15, -0.1) is 0 Å². The van der Waals surface area contributed by atoms with Crippen LogP contribution in [-0.2, 0) is 0 Å². The van der Waals surface area contributed by atoms with E-state index in [9.17, 15) is 17.6 Å². The third-order valence-electron chi connectivity index (χ3n) is 8.27. The van der Waals surface area contributed by atoms with E-state index in [2.05, 4.69) is 6.92 Å². The summed E-state index contributed by atoms with van der Waals surface area (Å²) < 4.78 is 70.0. The Kier molecular flexibility index (Phi) is 9.19. The third-order valence-corrected chi connectivity index (χ3v) is 8.27. The fourth-order valence-electron chi connectivity index (χ4n) is 6.29. The maximum Gasteiger partial charge on any atom is 0.201 e. The molecule has 2 fully saturated rings. The Morgan fingerprint density at radius 3 is 1.81 bits per heavy atom. The first-order chi connectivity index (χ1) is 17.5. The molecule has 2 nitrogen and oxygen atoms in total. The van der Waals surface area contributed by atoms with Gasteiger partial charge in [0.1, 0.15) is 0 Å². The zero-order valence-electron chi connectivity index (χ0n) is 21.4. The quantitative estimate of drug-likeness (QED) is 0.211. The Morgan fingerprint density at radius 1 is 0.639 bits per heavy atom. The van der Waals surface area contributed by atoms with Gasteiger partial charge in [0, 0.05) is 11.1 Å². The van der Waals surface area contributed by atoms with Gasteiger partial charge in [-0.1, -0.05) is 46.0 Å². The molecule has 2 aliphatic carbocycles. The van der Waals surface area contributed by atoms with E-state index in [0.717, 1.165) is 24.7 Å². The first-order valence-electron chi connectivity index (χ1n) is 13.7. The molecule has 2 aromatic carbocycles. The van der Waals surface area contributed by atoms with Crippen LogP contribution < -0.4 is 9.47 Å². The number of hydrogen-bond acceptors (Lipinski definition) is 2. The molecule has 2 aliphatic rings. The molecule has 4 rings (SSSR count). The average molecular weight is 507 g/mol. The van der Waals surface area contributed by atoms with Gasteiger partial charge in [-0.05, 0) is 80.0 Å². The molecule has 0 aromatic heterocycles. The Labute approximate surface area is 212 Å². The second kappa shape index (κ2) is 12.3. The molecular weight excluding hydrogens is 468 g/mol. The number of halogens is 4. The van der Waals surface area contributed by atoms with Crippen molar-refractivity contribution >= 4 is 0 Å². The molecule has 4 atom stereocenters. The lowest BCUT2D eigenvalue weighted by Gasteiger charge is -2.21. The van der Waals surface area contributed by atoms with Gasteiger partial charge in [-0.3, -0.25) is 0 Å². The van der Waals surface area contributed by atoms with Crippen molar-refractivity contribution in [1.82, 2.24) is 0 Å². The van der Waals surface area contributed by atoms with Gasteiger partial charge in [0.15, 0.2) is 23.1 Å². The van der Waals surface area contributed by atoms with E-state index in [0.29, 0.717) is 24.9 Å². The van der Waals surface area contributed by atoms with Gasteiger partial charge in [0.05, 0.1) is 13.2 Å². The lowest BCUT2D eigenvalue weighted by Crippen LogP contribution is -2.19. The van der Waals surface area contributed by atoms with Crippen LogP contribution in [0.4, 0.5) is 17.6 Å². The Bertz CT molecular complexity index is 1020. The van der Waals surface area contributed by atoms with E-state index in [-0.39, 0.29) is 29.2 Å². The molecule has 2 aromatic rings. The molecule has 0 spiro atoms. The first-order valence-corrected chi connectivity index (χ1v) is 13.7. The van der Waals surface area contributed by atoms with Crippen molar-refractivity contribution in [2.75, 3.05) is 13.2 Å². The number of rotatable bonds is 12. The smallest absolute Gasteiger partial charge is 0.201 e. The van der Waals surface area contributed by atoms with Crippen LogP contribution in [0.1, 0.15) is 78.1 Å². The van der Waals surface area contributed by atoms with Crippen LogP contribution in [0.5, 0.6) is 11.5 Å². The molecule has 0 aliphatic heterocycles. The number of benzene rings is 2. The van der Waals surface area contributed by atoms with Gasteiger partial charge < -0.3 is 9.47 Å². The summed E-state index contributed by atoms with van der Waals surface area (Å²) >= 11 is 0. The molecule has 2 saturated carbocycles. The van der Waals surface area contributed by atoms with Crippen LogP contribution in [0.2, 0.25) is 0 Å². The van der Waals surface area contributed by atoms with Gasteiger partial charge in [0.2, 0.25) is 11.6 Å². The summed E-state index contributed by atoms with van der Waals surface area (Å²) in [5, 5.41) is 0. The van der Waals surface area contributed by atoms with Crippen LogP contribution in [0.25, 0.3) is 11.1 Å². The standard InChI is InChI=1S/C30H38F4O2/c1-3-5-7-8-19-9-11-22-20(10-12-21(19)22)18-36-26-16-14-24(28(32)30(26)34)23-13-15-25(29(33)27(23)31)35-17-6-4-2/h13-16,19-22H,3-12,17-18H2,1-2H3. The summed E-state index contributed by atoms with van der Waals surface area (Å²) in [6.07, 6.45) is 11.4. The molecule has 198 valence electrons. The van der Waals surface area contributed by atoms with Crippen molar-refractivity contribution in [3.63, 3.8) is 0 Å². The Morgan fingerprint density at radius 2 is 1.19 bits per heavy atom. The SMILES string of the molecule is CCCCCC1CCC2C(COc3ccc(-c4ccc(OCCCC)c(F)c4F)c(F)c3F)CCC12. The van der Waals surface area contributed by atoms with Crippen molar-refractivity contribution in [3.8, 4) is 22.6 Å². The van der Waals surface area contributed by atoms with E-state index in [1.807, 2.05) is 6.92 Å². The zero-order valence-corrected chi connectivity index (χ0v) is 21.4. The summed E-state index contributed by atoms with van der Waals surface area (Å²) in [4.78, 5) is 0. The van der Waals surface area contributed by atoms with E-state index >= 15 is 0 Å². The molecule has 36 heavy (non-hydrogen) atoms. The molecule has 0 bridgehead atoms. The van der Waals surface area contributed by atoms with E-state index < -0.39 is 23.3 Å². The molecule has 0 heterocycles. The Hall–Kier alpha value is -2.24. The van der Waals surface area contributed by atoms with Crippen molar-refractivity contribution in [1.29, 1.82) is 0 Å². The molecule has 0 N–H and O–H groups in total. The maximum atomic E-state index is 14.9. The van der Waals surface area contributed by atoms with E-state index in [1.165, 1.54) is 69.2 Å². The van der Waals surface area contributed by atoms with E-state index in [4.69, 9.17) is 9.47 Å². The fraction of sp³-hybridized carbons (Fsp3) is 0.600. The third kappa shape index (κ3) is 5.68. The second-order valence-electron chi connectivity index (χ2n) is 10.5. The normalized spacial score (nSPS) is 23.2. The van der Waals surface area contributed by atoms with Gasteiger partial charge in [-0.25, -0.2) is 8.78 Å². The van der Waals surface area contributed by atoms with Crippen molar-refractivity contribution < 1.29 is 27.0 Å². The minimum absolute atomic E-state index is 0.183. The van der Waals surface area contributed by atoms with Gasteiger partial charge >= 0.3 is 0 Å². The molecule has 4 unspecified atom stereocenters. The van der Waals surface area contributed by atoms with Crippen molar-refractivity contribution in [2.45, 2.75) is 78.1 Å². The van der Waals surface area contributed by atoms with Gasteiger partial charge in [0.25, 0.3) is 0 Å². The minimum atomic E-state index is -1.26. The number of fused-ring (bicyclic) bond motifs is 1. The highest BCUT2D eigenvalue weighted by atomic mass is 19.2. The van der Waals surface area contributed by atoms with Crippen molar-refractivity contribution in [2.24, 2.45) is 23.7 Å². The average Bonchev–Trinajstić information content (AvgIpc) is 3.46. The summed E-state index contributed by atoms with van der Waals surface area (Å²) in [5.74, 6) is -2.84. The van der Waals surface area contributed by atoms with E-state index in [1.54, 1.807) is 0 Å². The summed E-state index contributed by atoms with van der Waals surface area (Å²) in [5.41, 5.74) is -0.694. The monoisotopic (exact) mass is 506 g/mol. The molecular formula is C30H38F4O2. The molecule has 0 saturated heterocycles. The number of ether oxygens (including phenoxy) is 2. The van der Waals surface area contributed by atoms with Crippen LogP contribution in [0.15, 0.2) is 24.3 Å². The predicted molar refractivity (Wildman–Crippen MR) is 134 cm³/mol. The topological polar surface area (TPSA) is 18.5 Å². The summed E-state index contributed by atoms with van der Waals surface area (Å²) in [6, 6.07) is 5.03. The first kappa shape index (κ1) is 26.8. The van der Waals surface area contributed by atoms with Crippen LogP contribution in [0.3, 0.4) is 0 Å². The number of hydrogen-bond donors (Lipinski definition) is 0. The lowest BCUT2D eigenvalue weighted by atomic mass is 9.86. The maximum absolute atomic E-state index is 14.9. The van der Waals surface area contributed by atoms with Crippen LogP contribution >= 0.6 is 0 Å². The Balaban J connectivity index is 1.41. The lowest BCUT2D eigenvalue weighted by molar-refractivity contribution is 0.194. The second-order valence-corrected chi connectivity index (χ2v) is 10.5. The minimum Gasteiger partial charge on any atom is -0.490 e. The highest BCUT2D eigenvalue weighted by Crippen LogP contribution is 2.52. The summed E-state index contributed by atoms with van der Waals surface area (Å²) in [7, 11) is 0. The molecule has 0 amide bonds. The fourth-order valence-corrected chi connectivity index (χ4v) is 6.29. The van der Waals surface area contributed by atoms with Gasteiger partial charge in [-0.2, -0.15) is 8.78 Å². The summed E-state index contributed by atoms with van der Waals surface area (Å²) in [6.45, 7) is 4.79. The molecule has 0 radical (unpaired) electrons. The van der Waals surface area contributed by atoms with Crippen molar-refractivity contribution in [3.05, 3.63) is 47.5 Å². The largest absolute Gasteiger partial charge is 0.490 e. The highest BCUT2D eigenvalue weighted by Gasteiger charge is 2.44. The van der Waals surface area contributed by atoms with Crippen LogP contribution in [-0.4, -0.2) is 13.2 Å². The number of unbranched alkanes of at least 4 members (excludes halogenated alkanes) is 3. The highest BCUT2D eigenvalue weighted by molar-refractivity contribution is 5.67. The zero-order chi connectivity index (χ0) is 25.7.